The highest BCUT2D eigenvalue weighted by atomic mass is 32.2. The van der Waals surface area contributed by atoms with Gasteiger partial charge in [0.15, 0.2) is 11.5 Å². The molecule has 13 heteroatoms. The molecule has 0 saturated carbocycles. The van der Waals surface area contributed by atoms with Crippen molar-refractivity contribution in [3.8, 4) is 28.7 Å². The number of sulfonamides is 1. The SMILES string of the molecule is COc1cc(OC)c(C=CS(=O)(=O)Nc2ccc(OC)c(OC(=O)C(F)(F)N(C)C)c2)c(OC)c1. The third-order valence-corrected chi connectivity index (χ3v) is 5.62. The summed E-state index contributed by atoms with van der Waals surface area (Å²) in [4.78, 5) is 12.3. The van der Waals surface area contributed by atoms with Gasteiger partial charge in [-0.05, 0) is 32.3 Å². The number of benzene rings is 2. The number of methoxy groups -OCH3 is 4. The van der Waals surface area contributed by atoms with Crippen LogP contribution in [0.3, 0.4) is 0 Å². The number of ether oxygens (including phenoxy) is 5. The Kier molecular flexibility index (Phi) is 8.88. The van der Waals surface area contributed by atoms with Gasteiger partial charge in [-0.3, -0.25) is 4.72 Å². The fourth-order valence-electron chi connectivity index (χ4n) is 2.72. The van der Waals surface area contributed by atoms with Gasteiger partial charge in [-0.15, -0.1) is 0 Å². The first kappa shape index (κ1) is 27.7. The maximum absolute atomic E-state index is 13.9. The van der Waals surface area contributed by atoms with E-state index in [-0.39, 0.29) is 11.4 Å². The minimum absolute atomic E-state index is 0.0564. The van der Waals surface area contributed by atoms with Gasteiger partial charge in [-0.2, -0.15) is 8.78 Å². The summed E-state index contributed by atoms with van der Waals surface area (Å²) < 4.78 is 80.9. The first-order chi connectivity index (χ1) is 16.4. The van der Waals surface area contributed by atoms with Gasteiger partial charge in [-0.25, -0.2) is 18.1 Å². The van der Waals surface area contributed by atoms with Crippen molar-refractivity contribution in [1.29, 1.82) is 0 Å². The molecule has 0 fully saturated rings. The summed E-state index contributed by atoms with van der Waals surface area (Å²) in [5.74, 6) is -1.28. The molecule has 1 N–H and O–H groups in total. The zero-order valence-corrected chi connectivity index (χ0v) is 20.7. The predicted octanol–water partition coefficient (Wildman–Crippen LogP) is 3.19. The van der Waals surface area contributed by atoms with E-state index >= 15 is 0 Å². The fourth-order valence-corrected chi connectivity index (χ4v) is 3.56. The molecule has 0 spiro atoms. The second-order valence-corrected chi connectivity index (χ2v) is 8.65. The van der Waals surface area contributed by atoms with Crippen LogP contribution in [-0.2, 0) is 14.8 Å². The Balaban J connectivity index is 2.34. The molecule has 2 aromatic carbocycles. The molecular weight excluding hydrogens is 490 g/mol. The van der Waals surface area contributed by atoms with E-state index in [0.717, 1.165) is 25.6 Å². The minimum atomic E-state index is -4.12. The molecule has 35 heavy (non-hydrogen) atoms. The molecular formula is C22H26F2N2O8S. The number of esters is 1. The van der Waals surface area contributed by atoms with E-state index < -0.39 is 27.8 Å². The van der Waals surface area contributed by atoms with Gasteiger partial charge in [-0.1, -0.05) is 0 Å². The molecule has 0 aliphatic rings. The lowest BCUT2D eigenvalue weighted by molar-refractivity contribution is -0.186. The second kappa shape index (κ2) is 11.2. The predicted molar refractivity (Wildman–Crippen MR) is 125 cm³/mol. The molecule has 0 bridgehead atoms. The number of hydrogen-bond donors (Lipinski definition) is 1. The highest BCUT2D eigenvalue weighted by Gasteiger charge is 2.44. The number of likely N-dealkylation sites (N-methyl/N-ethyl adjacent to an activating group) is 1. The Labute approximate surface area is 202 Å². The Morgan fingerprint density at radius 3 is 1.97 bits per heavy atom. The summed E-state index contributed by atoms with van der Waals surface area (Å²) in [6.07, 6.45) is 1.25. The third-order valence-electron chi connectivity index (χ3n) is 4.60. The summed E-state index contributed by atoms with van der Waals surface area (Å²) in [5, 5.41) is 0.857. The van der Waals surface area contributed by atoms with E-state index in [2.05, 4.69) is 4.72 Å². The maximum Gasteiger partial charge on any atom is 0.402 e. The number of carbonyl (C=O) groups is 1. The van der Waals surface area contributed by atoms with Crippen molar-refractivity contribution in [3.63, 3.8) is 0 Å². The van der Waals surface area contributed by atoms with E-state index in [1.54, 1.807) is 12.1 Å². The molecule has 0 aromatic heterocycles. The highest BCUT2D eigenvalue weighted by molar-refractivity contribution is 7.95. The molecule has 10 nitrogen and oxygen atoms in total. The smallest absolute Gasteiger partial charge is 0.402 e. The van der Waals surface area contributed by atoms with Crippen LogP contribution in [0.25, 0.3) is 6.08 Å². The zero-order valence-electron chi connectivity index (χ0n) is 19.9. The maximum atomic E-state index is 13.9. The number of hydrogen-bond acceptors (Lipinski definition) is 9. The molecule has 0 aliphatic heterocycles. The molecule has 0 atom stereocenters. The number of nitrogens with zero attached hydrogens (tertiary/aromatic N) is 1. The van der Waals surface area contributed by atoms with Crippen LogP contribution in [-0.4, -0.2) is 67.9 Å². The Bertz CT molecular complexity index is 1170. The van der Waals surface area contributed by atoms with Crippen molar-refractivity contribution in [2.45, 2.75) is 6.05 Å². The second-order valence-electron chi connectivity index (χ2n) is 7.09. The van der Waals surface area contributed by atoms with Crippen molar-refractivity contribution in [2.75, 3.05) is 47.3 Å². The van der Waals surface area contributed by atoms with E-state index in [1.165, 1.54) is 46.6 Å². The van der Waals surface area contributed by atoms with E-state index in [9.17, 15) is 22.0 Å². The van der Waals surface area contributed by atoms with Gasteiger partial charge in [0.2, 0.25) is 0 Å². The molecule has 0 radical (unpaired) electrons. The topological polar surface area (TPSA) is 113 Å². The molecule has 0 saturated heterocycles. The number of nitrogens with one attached hydrogen (secondary N) is 1. The van der Waals surface area contributed by atoms with Crippen LogP contribution in [0.5, 0.6) is 28.7 Å². The van der Waals surface area contributed by atoms with Crippen molar-refractivity contribution in [1.82, 2.24) is 4.90 Å². The number of halogens is 2. The van der Waals surface area contributed by atoms with Crippen molar-refractivity contribution >= 4 is 27.8 Å². The van der Waals surface area contributed by atoms with Crippen molar-refractivity contribution < 1.29 is 45.7 Å². The zero-order chi connectivity index (χ0) is 26.4. The minimum Gasteiger partial charge on any atom is -0.496 e. The molecule has 0 unspecified atom stereocenters. The summed E-state index contributed by atoms with van der Waals surface area (Å²) in [7, 11) is 3.38. The number of anilines is 1. The largest absolute Gasteiger partial charge is 0.496 e. The molecule has 0 heterocycles. The summed E-state index contributed by atoms with van der Waals surface area (Å²) in [6, 6.07) is 2.79. The molecule has 2 rings (SSSR count). The van der Waals surface area contributed by atoms with Crippen LogP contribution in [0.15, 0.2) is 35.7 Å². The molecule has 192 valence electrons. The lowest BCUT2D eigenvalue weighted by Crippen LogP contribution is -2.45. The van der Waals surface area contributed by atoms with Gasteiger partial charge in [0.1, 0.15) is 17.2 Å². The van der Waals surface area contributed by atoms with E-state index in [0.29, 0.717) is 27.7 Å². The summed E-state index contributed by atoms with van der Waals surface area (Å²) in [6.45, 7) is 0. The molecule has 2 aromatic rings. The fraction of sp³-hybridized carbons (Fsp3) is 0.318. The van der Waals surface area contributed by atoms with Crippen LogP contribution in [0.1, 0.15) is 5.56 Å². The molecule has 0 aliphatic carbocycles. The third kappa shape index (κ3) is 6.73. The quantitative estimate of drug-likeness (QED) is 0.273. The first-order valence-electron chi connectivity index (χ1n) is 9.85. The average Bonchev–Trinajstić information content (AvgIpc) is 2.81. The standard InChI is InChI=1S/C22H26F2N2O8S/c1-26(2)22(23,24)21(27)34-20-11-14(7-8-17(20)31-4)25-35(28,29)10-9-16-18(32-5)12-15(30-3)13-19(16)33-6/h7-13,25H,1-6H3. The van der Waals surface area contributed by atoms with E-state index in [1.807, 2.05) is 0 Å². The number of rotatable bonds is 11. The Morgan fingerprint density at radius 2 is 1.49 bits per heavy atom. The monoisotopic (exact) mass is 516 g/mol. The van der Waals surface area contributed by atoms with Gasteiger partial charge >= 0.3 is 12.0 Å². The summed E-state index contributed by atoms with van der Waals surface area (Å²) in [5.41, 5.74) is 0.261. The van der Waals surface area contributed by atoms with Crippen LogP contribution in [0.4, 0.5) is 14.5 Å². The van der Waals surface area contributed by atoms with Crippen LogP contribution in [0, 0.1) is 0 Å². The van der Waals surface area contributed by atoms with Crippen molar-refractivity contribution in [3.05, 3.63) is 41.3 Å². The van der Waals surface area contributed by atoms with Crippen molar-refractivity contribution in [2.24, 2.45) is 0 Å². The number of carbonyl (C=O) groups excluding carboxylic acids is 1. The van der Waals surface area contributed by atoms with E-state index in [4.69, 9.17) is 23.7 Å². The lowest BCUT2D eigenvalue weighted by atomic mass is 10.1. The first-order valence-corrected chi connectivity index (χ1v) is 11.4. The molecule has 0 amide bonds. The van der Waals surface area contributed by atoms with Crippen LogP contribution >= 0.6 is 0 Å². The van der Waals surface area contributed by atoms with Gasteiger partial charge in [0.25, 0.3) is 10.0 Å². The highest BCUT2D eigenvalue weighted by Crippen LogP contribution is 2.36. The number of alkyl halides is 2. The Morgan fingerprint density at radius 1 is 0.914 bits per heavy atom. The average molecular weight is 517 g/mol. The van der Waals surface area contributed by atoms with Crippen LogP contribution in [0.2, 0.25) is 0 Å². The van der Waals surface area contributed by atoms with Crippen LogP contribution < -0.4 is 28.4 Å². The normalized spacial score (nSPS) is 11.9. The summed E-state index contributed by atoms with van der Waals surface area (Å²) >= 11 is 0. The lowest BCUT2D eigenvalue weighted by Gasteiger charge is -2.21. The van der Waals surface area contributed by atoms with Gasteiger partial charge < -0.3 is 23.7 Å². The van der Waals surface area contributed by atoms with Gasteiger partial charge in [0, 0.05) is 18.2 Å². The Hall–Kier alpha value is -3.58. The van der Waals surface area contributed by atoms with Gasteiger partial charge in [0.05, 0.1) is 45.1 Å².